The van der Waals surface area contributed by atoms with E-state index in [0.29, 0.717) is 41.4 Å². The predicted molar refractivity (Wildman–Crippen MR) is 118 cm³/mol. The standard InChI is InChI=1S/C20H25Cl4NO4/c21-17-13-16(27-12-7-19(23)24)14-18(22)20(17)28-8-3-1-2-4-9-29-25-15-5-10-26-11-6-15/h5,7,13-14,25H,1-4,6,8-12H2. The van der Waals surface area contributed by atoms with Gasteiger partial charge in [0.1, 0.15) is 16.8 Å². The maximum atomic E-state index is 6.24. The van der Waals surface area contributed by atoms with E-state index in [2.05, 4.69) is 5.48 Å². The van der Waals surface area contributed by atoms with Gasteiger partial charge in [-0.3, -0.25) is 10.3 Å². The van der Waals surface area contributed by atoms with Crippen LogP contribution in [-0.2, 0) is 9.57 Å². The predicted octanol–water partition coefficient (Wildman–Crippen LogP) is 6.46. The van der Waals surface area contributed by atoms with Gasteiger partial charge in [0.2, 0.25) is 0 Å². The Bertz CT molecular complexity index is 670. The monoisotopic (exact) mass is 483 g/mol. The van der Waals surface area contributed by atoms with Crippen molar-refractivity contribution in [3.05, 3.63) is 44.5 Å². The summed E-state index contributed by atoms with van der Waals surface area (Å²) in [6.45, 7) is 2.82. The van der Waals surface area contributed by atoms with Crippen molar-refractivity contribution in [3.63, 3.8) is 0 Å². The summed E-state index contributed by atoms with van der Waals surface area (Å²) in [6.07, 6.45) is 8.36. The zero-order chi connectivity index (χ0) is 20.9. The summed E-state index contributed by atoms with van der Waals surface area (Å²) in [4.78, 5) is 5.46. The molecule has 0 aromatic heterocycles. The third kappa shape index (κ3) is 10.2. The van der Waals surface area contributed by atoms with Crippen LogP contribution in [0.5, 0.6) is 11.5 Å². The van der Waals surface area contributed by atoms with E-state index in [1.54, 1.807) is 12.1 Å². The van der Waals surface area contributed by atoms with Crippen LogP contribution < -0.4 is 15.0 Å². The number of rotatable bonds is 13. The molecule has 0 amide bonds. The normalized spacial score (nSPS) is 13.6. The van der Waals surface area contributed by atoms with Crippen LogP contribution in [0.2, 0.25) is 10.0 Å². The lowest BCUT2D eigenvalue weighted by Crippen LogP contribution is -2.19. The van der Waals surface area contributed by atoms with Crippen LogP contribution in [0.25, 0.3) is 0 Å². The van der Waals surface area contributed by atoms with Crippen molar-refractivity contribution in [2.24, 2.45) is 0 Å². The highest BCUT2D eigenvalue weighted by atomic mass is 35.5. The number of halogens is 4. The van der Waals surface area contributed by atoms with Gasteiger partial charge in [0, 0.05) is 24.3 Å². The molecule has 2 rings (SSSR count). The van der Waals surface area contributed by atoms with Crippen molar-refractivity contribution in [2.45, 2.75) is 32.1 Å². The fraction of sp³-hybridized carbons (Fsp3) is 0.500. The summed E-state index contributed by atoms with van der Waals surface area (Å²) in [6, 6.07) is 3.30. The van der Waals surface area contributed by atoms with Crippen molar-refractivity contribution < 1.29 is 19.0 Å². The van der Waals surface area contributed by atoms with Gasteiger partial charge in [-0.25, -0.2) is 0 Å². The van der Waals surface area contributed by atoms with Crippen LogP contribution in [0.4, 0.5) is 0 Å². The van der Waals surface area contributed by atoms with Gasteiger partial charge in [-0.1, -0.05) is 52.8 Å². The van der Waals surface area contributed by atoms with Crippen LogP contribution in [0.3, 0.4) is 0 Å². The minimum atomic E-state index is 0.140. The van der Waals surface area contributed by atoms with E-state index in [0.717, 1.165) is 44.4 Å². The molecule has 0 saturated heterocycles. The van der Waals surface area contributed by atoms with Crippen LogP contribution >= 0.6 is 46.4 Å². The highest BCUT2D eigenvalue weighted by molar-refractivity contribution is 6.55. The highest BCUT2D eigenvalue weighted by Crippen LogP contribution is 2.37. The zero-order valence-electron chi connectivity index (χ0n) is 16.0. The number of nitrogens with one attached hydrogen (secondary N) is 1. The summed E-state index contributed by atoms with van der Waals surface area (Å²) in [5.41, 5.74) is 4.07. The van der Waals surface area contributed by atoms with E-state index in [9.17, 15) is 0 Å². The second-order valence-electron chi connectivity index (χ2n) is 6.29. The Morgan fingerprint density at radius 1 is 1.03 bits per heavy atom. The molecule has 1 N–H and O–H groups in total. The van der Waals surface area contributed by atoms with Gasteiger partial charge in [0.05, 0.1) is 36.5 Å². The average molecular weight is 485 g/mol. The zero-order valence-corrected chi connectivity index (χ0v) is 19.0. The quantitative estimate of drug-likeness (QED) is 0.257. The molecule has 0 atom stereocenters. The van der Waals surface area contributed by atoms with E-state index in [-0.39, 0.29) is 11.1 Å². The lowest BCUT2D eigenvalue weighted by Gasteiger charge is -2.15. The number of benzene rings is 1. The maximum absolute atomic E-state index is 6.24. The van der Waals surface area contributed by atoms with Gasteiger partial charge in [0.25, 0.3) is 0 Å². The SMILES string of the molecule is ClC(Cl)=CCOc1cc(Cl)c(OCCCCCCONC2=CCOCC2)c(Cl)c1. The molecular weight excluding hydrogens is 460 g/mol. The van der Waals surface area contributed by atoms with Gasteiger partial charge in [-0.2, -0.15) is 0 Å². The summed E-state index contributed by atoms with van der Waals surface area (Å²) in [5, 5.41) is 0.797. The Morgan fingerprint density at radius 3 is 2.41 bits per heavy atom. The Balaban J connectivity index is 1.57. The van der Waals surface area contributed by atoms with E-state index in [1.807, 2.05) is 6.08 Å². The van der Waals surface area contributed by atoms with Crippen molar-refractivity contribution in [3.8, 4) is 11.5 Å². The second-order valence-corrected chi connectivity index (χ2v) is 8.11. The summed E-state index contributed by atoms with van der Waals surface area (Å²) >= 11 is 23.6. The van der Waals surface area contributed by atoms with Gasteiger partial charge in [-0.05, 0) is 31.4 Å². The van der Waals surface area contributed by atoms with Crippen LogP contribution in [-0.4, -0.2) is 33.0 Å². The molecule has 1 aliphatic rings. The Morgan fingerprint density at radius 2 is 1.76 bits per heavy atom. The van der Waals surface area contributed by atoms with E-state index in [1.165, 1.54) is 6.08 Å². The summed E-state index contributed by atoms with van der Waals surface area (Å²) < 4.78 is 16.6. The van der Waals surface area contributed by atoms with Gasteiger partial charge < -0.3 is 14.2 Å². The van der Waals surface area contributed by atoms with Crippen LogP contribution in [0.15, 0.2) is 34.5 Å². The molecule has 1 aliphatic heterocycles. The molecule has 0 fully saturated rings. The van der Waals surface area contributed by atoms with E-state index >= 15 is 0 Å². The smallest absolute Gasteiger partial charge is 0.156 e. The molecule has 1 aromatic rings. The average Bonchev–Trinajstić information content (AvgIpc) is 2.69. The molecule has 0 spiro atoms. The second kappa shape index (κ2) is 14.2. The minimum absolute atomic E-state index is 0.140. The third-order valence-corrected chi connectivity index (χ3v) is 4.88. The first-order valence-electron chi connectivity index (χ1n) is 9.46. The molecule has 9 heteroatoms. The number of hydrogen-bond acceptors (Lipinski definition) is 5. The lowest BCUT2D eigenvalue weighted by molar-refractivity contribution is 0.0477. The molecule has 0 aliphatic carbocycles. The van der Waals surface area contributed by atoms with Crippen molar-refractivity contribution in [2.75, 3.05) is 33.0 Å². The number of hydrogen-bond donors (Lipinski definition) is 1. The highest BCUT2D eigenvalue weighted by Gasteiger charge is 2.10. The Labute approximate surface area is 191 Å². The van der Waals surface area contributed by atoms with Gasteiger partial charge in [0.15, 0.2) is 5.75 Å². The molecule has 0 radical (unpaired) electrons. The fourth-order valence-corrected chi connectivity index (χ4v) is 3.23. The summed E-state index contributed by atoms with van der Waals surface area (Å²) in [5.74, 6) is 0.979. The van der Waals surface area contributed by atoms with Crippen molar-refractivity contribution in [1.29, 1.82) is 0 Å². The molecule has 1 heterocycles. The first kappa shape index (κ1) is 24.4. The minimum Gasteiger partial charge on any atom is -0.490 e. The molecular formula is C20H25Cl4NO4. The molecule has 0 saturated carbocycles. The van der Waals surface area contributed by atoms with E-state index in [4.69, 9.17) is 65.5 Å². The summed E-state index contributed by atoms with van der Waals surface area (Å²) in [7, 11) is 0. The molecule has 1 aromatic carbocycles. The number of hydroxylamine groups is 1. The Kier molecular flexibility index (Phi) is 12.0. The number of ether oxygens (including phenoxy) is 3. The lowest BCUT2D eigenvalue weighted by atomic mass is 10.2. The molecule has 29 heavy (non-hydrogen) atoms. The van der Waals surface area contributed by atoms with Crippen molar-refractivity contribution >= 4 is 46.4 Å². The largest absolute Gasteiger partial charge is 0.490 e. The Hall–Kier alpha value is -0.820. The van der Waals surface area contributed by atoms with E-state index < -0.39 is 0 Å². The first-order valence-corrected chi connectivity index (χ1v) is 11.0. The maximum Gasteiger partial charge on any atom is 0.156 e. The third-order valence-electron chi connectivity index (χ3n) is 4.01. The van der Waals surface area contributed by atoms with Crippen molar-refractivity contribution in [1.82, 2.24) is 5.48 Å². The van der Waals surface area contributed by atoms with Crippen LogP contribution in [0, 0.1) is 0 Å². The van der Waals surface area contributed by atoms with Crippen LogP contribution in [0.1, 0.15) is 32.1 Å². The molecule has 0 bridgehead atoms. The van der Waals surface area contributed by atoms with Gasteiger partial charge in [-0.15, -0.1) is 0 Å². The molecule has 0 unspecified atom stereocenters. The van der Waals surface area contributed by atoms with Gasteiger partial charge >= 0.3 is 0 Å². The molecule has 162 valence electrons. The topological polar surface area (TPSA) is 49.0 Å². The first-order chi connectivity index (χ1) is 14.1. The number of unbranched alkanes of at least 4 members (excludes halogenated alkanes) is 3. The fourth-order valence-electron chi connectivity index (χ4n) is 2.53. The molecule has 5 nitrogen and oxygen atoms in total.